The molecule has 0 saturated heterocycles. The number of hydrogen-bond acceptors (Lipinski definition) is 3. The Hall–Kier alpha value is -1.22. The SMILES string of the molecule is CC(=O)COc1ccc(N)cc1.Cl. The van der Waals surface area contributed by atoms with Gasteiger partial charge in [0.1, 0.15) is 12.4 Å². The Labute approximate surface area is 83.3 Å². The smallest absolute Gasteiger partial charge is 0.167 e. The van der Waals surface area contributed by atoms with Crippen molar-refractivity contribution >= 4 is 23.9 Å². The van der Waals surface area contributed by atoms with Gasteiger partial charge in [0.05, 0.1) is 0 Å². The van der Waals surface area contributed by atoms with Crippen LogP contribution < -0.4 is 10.5 Å². The number of Topliss-reactive ketones (excluding diaryl/α,β-unsaturated/α-hetero) is 1. The molecule has 0 saturated carbocycles. The van der Waals surface area contributed by atoms with Crippen LogP contribution in [0, 0.1) is 0 Å². The molecule has 0 aliphatic rings. The predicted molar refractivity (Wildman–Crippen MR) is 54.3 cm³/mol. The molecule has 0 aromatic heterocycles. The highest BCUT2D eigenvalue weighted by molar-refractivity contribution is 5.85. The molecule has 0 aliphatic heterocycles. The molecule has 2 N–H and O–H groups in total. The minimum atomic E-state index is 0. The van der Waals surface area contributed by atoms with E-state index in [1.54, 1.807) is 24.3 Å². The summed E-state index contributed by atoms with van der Waals surface area (Å²) in [6.45, 7) is 1.60. The minimum absolute atomic E-state index is 0. The molecule has 1 rings (SSSR count). The minimum Gasteiger partial charge on any atom is -0.486 e. The van der Waals surface area contributed by atoms with Gasteiger partial charge in [-0.1, -0.05) is 0 Å². The van der Waals surface area contributed by atoms with Crippen LogP contribution >= 0.6 is 12.4 Å². The summed E-state index contributed by atoms with van der Waals surface area (Å²) in [5.74, 6) is 0.672. The first kappa shape index (κ1) is 11.8. The van der Waals surface area contributed by atoms with Gasteiger partial charge in [-0.05, 0) is 31.2 Å². The molecule has 0 unspecified atom stereocenters. The Bertz CT molecular complexity index is 271. The van der Waals surface area contributed by atoms with Crippen molar-refractivity contribution < 1.29 is 9.53 Å². The number of nitrogen functional groups attached to an aromatic ring is 1. The number of nitrogens with two attached hydrogens (primary N) is 1. The van der Waals surface area contributed by atoms with Crippen molar-refractivity contribution in [3.05, 3.63) is 24.3 Å². The number of rotatable bonds is 3. The normalized spacial score (nSPS) is 8.69. The van der Waals surface area contributed by atoms with Crippen LogP contribution in [-0.2, 0) is 4.79 Å². The number of halogens is 1. The van der Waals surface area contributed by atoms with Gasteiger partial charge in [-0.3, -0.25) is 4.79 Å². The van der Waals surface area contributed by atoms with Crippen LogP contribution in [0.4, 0.5) is 5.69 Å². The molecular formula is C9H12ClNO2. The van der Waals surface area contributed by atoms with Crippen LogP contribution in [0.5, 0.6) is 5.75 Å². The van der Waals surface area contributed by atoms with Crippen molar-refractivity contribution in [3.63, 3.8) is 0 Å². The molecule has 1 aromatic rings. The summed E-state index contributed by atoms with van der Waals surface area (Å²) in [4.78, 5) is 10.5. The maximum atomic E-state index is 10.5. The molecule has 0 fully saturated rings. The van der Waals surface area contributed by atoms with E-state index in [1.807, 2.05) is 0 Å². The van der Waals surface area contributed by atoms with Gasteiger partial charge < -0.3 is 10.5 Å². The standard InChI is InChI=1S/C9H11NO2.ClH/c1-7(11)6-12-9-4-2-8(10)3-5-9;/h2-5H,6,10H2,1H3;1H. The zero-order chi connectivity index (χ0) is 8.97. The summed E-state index contributed by atoms with van der Waals surface area (Å²) in [5, 5.41) is 0. The summed E-state index contributed by atoms with van der Waals surface area (Å²) in [6.07, 6.45) is 0. The largest absolute Gasteiger partial charge is 0.486 e. The van der Waals surface area contributed by atoms with Crippen molar-refractivity contribution in [2.45, 2.75) is 6.92 Å². The molecule has 0 amide bonds. The molecule has 0 radical (unpaired) electrons. The summed E-state index contributed by atoms with van der Waals surface area (Å²) in [7, 11) is 0. The third-order valence-corrected chi connectivity index (χ3v) is 1.32. The Morgan fingerprint density at radius 3 is 2.38 bits per heavy atom. The number of ketones is 1. The van der Waals surface area contributed by atoms with Crippen molar-refractivity contribution in [3.8, 4) is 5.75 Å². The molecular weight excluding hydrogens is 190 g/mol. The second-order valence-electron chi connectivity index (χ2n) is 2.56. The molecule has 1 aromatic carbocycles. The monoisotopic (exact) mass is 201 g/mol. The number of benzene rings is 1. The van der Waals surface area contributed by atoms with E-state index in [9.17, 15) is 4.79 Å². The lowest BCUT2D eigenvalue weighted by Gasteiger charge is -2.02. The van der Waals surface area contributed by atoms with Gasteiger partial charge in [0.2, 0.25) is 0 Å². The Morgan fingerprint density at radius 1 is 1.38 bits per heavy atom. The lowest BCUT2D eigenvalue weighted by Crippen LogP contribution is -2.06. The van der Waals surface area contributed by atoms with E-state index in [-0.39, 0.29) is 24.8 Å². The number of ether oxygens (including phenoxy) is 1. The maximum absolute atomic E-state index is 10.5. The van der Waals surface area contributed by atoms with Crippen LogP contribution in [0.1, 0.15) is 6.92 Å². The summed E-state index contributed by atoms with van der Waals surface area (Å²) < 4.78 is 5.12. The topological polar surface area (TPSA) is 52.3 Å². The fourth-order valence-electron chi connectivity index (χ4n) is 0.749. The van der Waals surface area contributed by atoms with E-state index in [2.05, 4.69) is 0 Å². The second-order valence-corrected chi connectivity index (χ2v) is 2.56. The molecule has 4 heteroatoms. The van der Waals surface area contributed by atoms with Gasteiger partial charge in [-0.15, -0.1) is 12.4 Å². The van der Waals surface area contributed by atoms with Crippen molar-refractivity contribution in [1.29, 1.82) is 0 Å². The number of anilines is 1. The maximum Gasteiger partial charge on any atom is 0.167 e. The molecule has 0 heterocycles. The third kappa shape index (κ3) is 4.38. The fraction of sp³-hybridized carbons (Fsp3) is 0.222. The molecule has 0 aliphatic carbocycles. The van der Waals surface area contributed by atoms with E-state index in [1.165, 1.54) is 6.92 Å². The highest BCUT2D eigenvalue weighted by Crippen LogP contribution is 2.12. The highest BCUT2D eigenvalue weighted by atomic mass is 35.5. The Morgan fingerprint density at radius 2 is 1.92 bits per heavy atom. The Balaban J connectivity index is 0.00000144. The number of hydrogen-bond donors (Lipinski definition) is 1. The van der Waals surface area contributed by atoms with Gasteiger partial charge in [-0.2, -0.15) is 0 Å². The molecule has 72 valence electrons. The number of carbonyl (C=O) groups excluding carboxylic acids is 1. The fourth-order valence-corrected chi connectivity index (χ4v) is 0.749. The first-order valence-corrected chi connectivity index (χ1v) is 3.66. The first-order valence-electron chi connectivity index (χ1n) is 3.66. The summed E-state index contributed by atoms with van der Waals surface area (Å²) in [6, 6.07) is 6.93. The molecule has 0 bridgehead atoms. The van der Waals surface area contributed by atoms with E-state index in [0.717, 1.165) is 0 Å². The quantitative estimate of drug-likeness (QED) is 0.757. The van der Waals surface area contributed by atoms with Crippen molar-refractivity contribution in [1.82, 2.24) is 0 Å². The molecule has 0 spiro atoms. The van der Waals surface area contributed by atoms with Crippen LogP contribution in [-0.4, -0.2) is 12.4 Å². The second kappa shape index (κ2) is 5.43. The highest BCUT2D eigenvalue weighted by Gasteiger charge is 1.95. The summed E-state index contributed by atoms with van der Waals surface area (Å²) in [5.41, 5.74) is 6.15. The van der Waals surface area contributed by atoms with Crippen LogP contribution in [0.3, 0.4) is 0 Å². The molecule has 13 heavy (non-hydrogen) atoms. The lowest BCUT2D eigenvalue weighted by atomic mass is 10.3. The van der Waals surface area contributed by atoms with Gasteiger partial charge in [-0.25, -0.2) is 0 Å². The average Bonchev–Trinajstić information content (AvgIpc) is 2.03. The van der Waals surface area contributed by atoms with Crippen molar-refractivity contribution in [2.75, 3.05) is 12.3 Å². The van der Waals surface area contributed by atoms with Gasteiger partial charge >= 0.3 is 0 Å². The summed E-state index contributed by atoms with van der Waals surface area (Å²) >= 11 is 0. The Kier molecular flexibility index (Phi) is 4.92. The number of carbonyl (C=O) groups is 1. The zero-order valence-corrected chi connectivity index (χ0v) is 8.14. The van der Waals surface area contributed by atoms with Gasteiger partial charge in [0.15, 0.2) is 5.78 Å². The first-order chi connectivity index (χ1) is 5.68. The van der Waals surface area contributed by atoms with Crippen LogP contribution in [0.15, 0.2) is 24.3 Å². The molecule has 3 nitrogen and oxygen atoms in total. The van der Waals surface area contributed by atoms with Gasteiger partial charge in [0, 0.05) is 5.69 Å². The van der Waals surface area contributed by atoms with Crippen LogP contribution in [0.2, 0.25) is 0 Å². The van der Waals surface area contributed by atoms with E-state index >= 15 is 0 Å². The molecule has 0 atom stereocenters. The van der Waals surface area contributed by atoms with E-state index in [4.69, 9.17) is 10.5 Å². The van der Waals surface area contributed by atoms with Gasteiger partial charge in [0.25, 0.3) is 0 Å². The van der Waals surface area contributed by atoms with Crippen LogP contribution in [0.25, 0.3) is 0 Å². The van der Waals surface area contributed by atoms with Crippen molar-refractivity contribution in [2.24, 2.45) is 0 Å². The van der Waals surface area contributed by atoms with E-state index < -0.39 is 0 Å². The third-order valence-electron chi connectivity index (χ3n) is 1.32. The zero-order valence-electron chi connectivity index (χ0n) is 7.32. The average molecular weight is 202 g/mol. The predicted octanol–water partition coefficient (Wildman–Crippen LogP) is 1.66. The van der Waals surface area contributed by atoms with E-state index in [0.29, 0.717) is 11.4 Å². The lowest BCUT2D eigenvalue weighted by molar-refractivity contribution is -0.118.